The fraction of sp³-hybridized carbons (Fsp3) is 0.0690. The maximum Gasteiger partial charge on any atom is 0.0541 e. The Morgan fingerprint density at radius 2 is 0.650 bits per heavy atom. The summed E-state index contributed by atoms with van der Waals surface area (Å²) in [5.41, 5.74) is 16.8. The van der Waals surface area contributed by atoms with Crippen molar-refractivity contribution in [3.05, 3.63) is 218 Å². The van der Waals surface area contributed by atoms with E-state index in [0.29, 0.717) is 0 Å². The van der Waals surface area contributed by atoms with E-state index >= 15 is 0 Å². The minimum atomic E-state index is 1.16. The highest BCUT2D eigenvalue weighted by molar-refractivity contribution is 6.13. The summed E-state index contributed by atoms with van der Waals surface area (Å²) < 4.78 is 4.85. The smallest absolute Gasteiger partial charge is 0.0541 e. The van der Waals surface area contributed by atoms with Crippen LogP contribution in [0.25, 0.3) is 99.5 Å². The number of para-hydroxylation sites is 3. The highest BCUT2D eigenvalue weighted by Crippen LogP contribution is 2.40. The Hall–Kier alpha value is -7.42. The quantitative estimate of drug-likeness (QED) is 0.159. The molecule has 11 rings (SSSR count). The number of fused-ring (bicyclic) bond motifs is 6. The van der Waals surface area contributed by atoms with Gasteiger partial charge in [0.2, 0.25) is 0 Å². The lowest BCUT2D eigenvalue weighted by Crippen LogP contribution is -1.97. The molecule has 60 heavy (non-hydrogen) atoms. The molecule has 0 amide bonds. The maximum absolute atomic E-state index is 2.44. The van der Waals surface area contributed by atoms with Crippen LogP contribution in [-0.4, -0.2) is 9.13 Å². The molecule has 9 aromatic carbocycles. The highest BCUT2D eigenvalue weighted by atomic mass is 15.0. The van der Waals surface area contributed by atoms with Crippen LogP contribution in [0.15, 0.2) is 218 Å². The van der Waals surface area contributed by atoms with Gasteiger partial charge in [0.25, 0.3) is 0 Å². The van der Waals surface area contributed by atoms with Gasteiger partial charge in [0, 0.05) is 32.8 Å². The van der Waals surface area contributed by atoms with Gasteiger partial charge in [-0.25, -0.2) is 0 Å². The number of benzene rings is 9. The number of aromatic nitrogens is 2. The molecule has 0 aliphatic carbocycles. The van der Waals surface area contributed by atoms with Gasteiger partial charge in [-0.15, -0.1) is 0 Å². The van der Waals surface area contributed by atoms with Crippen LogP contribution in [0.1, 0.15) is 27.7 Å². The molecule has 0 fully saturated rings. The van der Waals surface area contributed by atoms with Crippen molar-refractivity contribution in [3.63, 3.8) is 0 Å². The summed E-state index contributed by atoms with van der Waals surface area (Å²) >= 11 is 0. The fourth-order valence-electron chi connectivity index (χ4n) is 8.68. The fourth-order valence-corrected chi connectivity index (χ4v) is 8.68. The van der Waals surface area contributed by atoms with Crippen LogP contribution in [0, 0.1) is 0 Å². The monoisotopic (exact) mass is 772 g/mol. The van der Waals surface area contributed by atoms with Crippen LogP contribution in [0.2, 0.25) is 0 Å². The summed E-state index contributed by atoms with van der Waals surface area (Å²) in [6.45, 7) is 8.00. The first-order valence-electron chi connectivity index (χ1n) is 21.3. The zero-order chi connectivity index (χ0) is 41.0. The third-order valence-corrected chi connectivity index (χ3v) is 11.3. The zero-order valence-corrected chi connectivity index (χ0v) is 34.7. The lowest BCUT2D eigenvalue weighted by Gasteiger charge is -2.14. The van der Waals surface area contributed by atoms with E-state index in [0.717, 1.165) is 5.69 Å². The lowest BCUT2D eigenvalue weighted by atomic mass is 9.99. The van der Waals surface area contributed by atoms with Crippen molar-refractivity contribution < 1.29 is 0 Å². The van der Waals surface area contributed by atoms with Gasteiger partial charge in [-0.2, -0.15) is 0 Å². The summed E-state index contributed by atoms with van der Waals surface area (Å²) in [5, 5.41) is 4.99. The Labute approximate surface area is 353 Å². The van der Waals surface area contributed by atoms with E-state index < -0.39 is 0 Å². The molecule has 0 radical (unpaired) electrons. The highest BCUT2D eigenvalue weighted by Gasteiger charge is 2.18. The van der Waals surface area contributed by atoms with Gasteiger partial charge in [-0.1, -0.05) is 191 Å². The zero-order valence-electron chi connectivity index (χ0n) is 34.7. The molecule has 0 saturated heterocycles. The Kier molecular flexibility index (Phi) is 10.7. The van der Waals surface area contributed by atoms with Crippen molar-refractivity contribution in [1.82, 2.24) is 9.13 Å². The third kappa shape index (κ3) is 6.76. The van der Waals surface area contributed by atoms with Crippen molar-refractivity contribution in [2.24, 2.45) is 0 Å². The molecular weight excluding hydrogens is 725 g/mol. The molecular formula is C58H48N2. The summed E-state index contributed by atoms with van der Waals surface area (Å²) in [6.07, 6.45) is 0. The molecule has 0 saturated carbocycles. The first-order chi connectivity index (χ1) is 29.8. The Morgan fingerprint density at radius 3 is 1.27 bits per heavy atom. The summed E-state index contributed by atoms with van der Waals surface area (Å²) in [5.74, 6) is 0. The molecule has 2 heterocycles. The topological polar surface area (TPSA) is 9.86 Å². The van der Waals surface area contributed by atoms with Gasteiger partial charge in [0.1, 0.15) is 0 Å². The van der Waals surface area contributed by atoms with Gasteiger partial charge in [0.05, 0.1) is 27.8 Å². The van der Waals surface area contributed by atoms with Gasteiger partial charge in [-0.05, 0) is 93.5 Å². The van der Waals surface area contributed by atoms with E-state index in [1.54, 1.807) is 0 Å². The summed E-state index contributed by atoms with van der Waals surface area (Å²) in [6, 6.07) is 79.4. The molecule has 290 valence electrons. The number of hydrogen-bond donors (Lipinski definition) is 0. The second kappa shape index (κ2) is 16.8. The molecule has 0 spiro atoms. The molecule has 0 atom stereocenters. The van der Waals surface area contributed by atoms with Crippen molar-refractivity contribution in [3.8, 4) is 55.9 Å². The Morgan fingerprint density at radius 1 is 0.250 bits per heavy atom. The minimum Gasteiger partial charge on any atom is -0.309 e. The molecule has 0 aliphatic rings. The minimum absolute atomic E-state index is 1.16. The van der Waals surface area contributed by atoms with Crippen molar-refractivity contribution >= 4 is 43.6 Å². The molecule has 0 unspecified atom stereocenters. The van der Waals surface area contributed by atoms with Crippen molar-refractivity contribution in [1.29, 1.82) is 0 Å². The predicted octanol–water partition coefficient (Wildman–Crippen LogP) is 16.6. The summed E-state index contributed by atoms with van der Waals surface area (Å²) in [7, 11) is 0. The van der Waals surface area contributed by atoms with Gasteiger partial charge in [-0.3, -0.25) is 0 Å². The maximum atomic E-state index is 2.44. The van der Waals surface area contributed by atoms with Gasteiger partial charge < -0.3 is 9.13 Å². The van der Waals surface area contributed by atoms with Crippen molar-refractivity contribution in [2.45, 2.75) is 27.7 Å². The van der Waals surface area contributed by atoms with Gasteiger partial charge >= 0.3 is 0 Å². The van der Waals surface area contributed by atoms with Gasteiger partial charge in [0.15, 0.2) is 0 Å². The molecule has 0 aliphatic heterocycles. The van der Waals surface area contributed by atoms with E-state index in [2.05, 4.69) is 228 Å². The molecule has 0 N–H and O–H groups in total. The SMILES string of the molecule is CC.CC.c1ccc(-c2ccc(-c3ccccc3-n3c4ccccc4c4cc(-c5ccc6c(c5)c5ccccc5n6-c5cccc(-c6ccccc6)c5)ccc43)cc2)cc1. The van der Waals surface area contributed by atoms with Crippen LogP contribution in [0.5, 0.6) is 0 Å². The third-order valence-electron chi connectivity index (χ3n) is 11.3. The van der Waals surface area contributed by atoms with E-state index in [1.807, 2.05) is 27.7 Å². The molecule has 0 bridgehead atoms. The second-order valence-electron chi connectivity index (χ2n) is 14.5. The largest absolute Gasteiger partial charge is 0.309 e. The molecule has 11 aromatic rings. The average molecular weight is 773 g/mol. The Balaban J connectivity index is 0.00000112. The van der Waals surface area contributed by atoms with Crippen LogP contribution in [0.3, 0.4) is 0 Å². The molecule has 2 heteroatoms. The standard InChI is InChI=1S/C54H36N2.2C2H6/c1-3-14-37(15-4-1)39-26-28-40(29-27-39)45-20-7-10-23-50(45)56-52-25-12-9-22-47(52)49-36-43(31-33-54(49)56)42-30-32-53-48(35-42)46-21-8-11-24-51(46)55(53)44-19-13-18-41(34-44)38-16-5-2-6-17-38;2*1-2/h1-36H;2*1-2H3. The van der Waals surface area contributed by atoms with Crippen LogP contribution in [-0.2, 0) is 0 Å². The number of hydrogen-bond acceptors (Lipinski definition) is 0. The number of nitrogens with zero attached hydrogens (tertiary/aromatic N) is 2. The van der Waals surface area contributed by atoms with Crippen LogP contribution in [0.4, 0.5) is 0 Å². The van der Waals surface area contributed by atoms with Crippen LogP contribution >= 0.6 is 0 Å². The second-order valence-corrected chi connectivity index (χ2v) is 14.5. The van der Waals surface area contributed by atoms with E-state index in [-0.39, 0.29) is 0 Å². The van der Waals surface area contributed by atoms with E-state index in [4.69, 9.17) is 0 Å². The summed E-state index contributed by atoms with van der Waals surface area (Å²) in [4.78, 5) is 0. The first kappa shape index (κ1) is 38.1. The molecule has 2 aromatic heterocycles. The predicted molar refractivity (Wildman–Crippen MR) is 260 cm³/mol. The number of rotatable bonds is 6. The first-order valence-corrected chi connectivity index (χ1v) is 21.3. The van der Waals surface area contributed by atoms with Crippen molar-refractivity contribution in [2.75, 3.05) is 0 Å². The average Bonchev–Trinajstić information content (AvgIpc) is 3.85. The normalized spacial score (nSPS) is 11.0. The lowest BCUT2D eigenvalue weighted by molar-refractivity contribution is 1.18. The molecule has 2 nitrogen and oxygen atoms in total. The van der Waals surface area contributed by atoms with E-state index in [9.17, 15) is 0 Å². The van der Waals surface area contributed by atoms with Crippen LogP contribution < -0.4 is 0 Å². The van der Waals surface area contributed by atoms with E-state index in [1.165, 1.54) is 93.8 Å². The Bertz CT molecular complexity index is 3220.